The van der Waals surface area contributed by atoms with Crippen molar-refractivity contribution >= 4 is 97.6 Å². The molecule has 0 bridgehead atoms. The number of hydrogen-bond donors (Lipinski definition) is 0. The molecule has 5 aromatic rings. The summed E-state index contributed by atoms with van der Waals surface area (Å²) in [6.45, 7) is 8.12. The van der Waals surface area contributed by atoms with Crippen molar-refractivity contribution in [2.45, 2.75) is 114 Å². The van der Waals surface area contributed by atoms with E-state index in [2.05, 4.69) is 12.3 Å². The molecular weight excluding hydrogens is 1160 g/mol. The van der Waals surface area contributed by atoms with Gasteiger partial charge in [-0.05, 0) is 154 Å². The summed E-state index contributed by atoms with van der Waals surface area (Å²) < 4.78 is 37.2. The minimum atomic E-state index is -0.956. The van der Waals surface area contributed by atoms with E-state index in [9.17, 15) is 24.0 Å². The summed E-state index contributed by atoms with van der Waals surface area (Å²) in [7, 11) is 8.03. The Labute approximate surface area is 522 Å². The first kappa shape index (κ1) is 63.3. The summed E-state index contributed by atoms with van der Waals surface area (Å²) in [6.07, 6.45) is 10.2. The molecule has 5 aliphatic heterocycles. The second-order valence-corrected chi connectivity index (χ2v) is 27.0. The first-order valence-electron chi connectivity index (χ1n) is 29.8. The third-order valence-electron chi connectivity index (χ3n) is 16.5. The third-order valence-corrected chi connectivity index (χ3v) is 20.7. The third kappa shape index (κ3) is 14.4. The molecule has 3 atom stereocenters. The highest BCUT2D eigenvalue weighted by Gasteiger charge is 2.40. The zero-order chi connectivity index (χ0) is 61.4. The fraction of sp³-hybridized carbons (Fsp3) is 0.448. The number of anilines is 3. The molecule has 0 aliphatic carbocycles. The molecule has 10 rings (SSSR count). The topological polar surface area (TPSA) is 174 Å². The van der Waals surface area contributed by atoms with Crippen LogP contribution >= 0.6 is 33.3 Å². The molecule has 0 aromatic heterocycles. The second-order valence-electron chi connectivity index (χ2n) is 22.9. The SMILES string of the molecule is COCCOCCOCCN(C(=O)C(C)(C)SSCCCC(=O)CCCN1C(=O)CC(SC)C1=O)c1cc(COc2cc3c(cc2C)C(=O)N2c4ccccc4C[C@H]2CC3)cc(COc2cc3c(cc2OC)C(=O)N2c4ccccc4C[C@H]2[C-]=[N+]3C)c1. The van der Waals surface area contributed by atoms with Crippen molar-refractivity contribution < 1.29 is 61.8 Å². The Morgan fingerprint density at radius 1 is 0.736 bits per heavy atom. The van der Waals surface area contributed by atoms with Crippen LogP contribution in [0.25, 0.3) is 0 Å². The number of aryl methyl sites for hydroxylation is 2. The predicted octanol–water partition coefficient (Wildman–Crippen LogP) is 10.3. The van der Waals surface area contributed by atoms with Gasteiger partial charge in [-0.25, -0.2) is 0 Å². The predicted molar refractivity (Wildman–Crippen MR) is 342 cm³/mol. The lowest BCUT2D eigenvalue weighted by Crippen LogP contribution is -2.45. The van der Waals surface area contributed by atoms with Gasteiger partial charge in [0.15, 0.2) is 5.75 Å². The molecule has 0 saturated carbocycles. The number of Topliss-reactive ketones (excluding diaryl/α,β-unsaturated/α-hetero) is 1. The molecule has 1 fully saturated rings. The van der Waals surface area contributed by atoms with Gasteiger partial charge in [0.25, 0.3) is 5.91 Å². The monoisotopic (exact) mass is 1240 g/mol. The summed E-state index contributed by atoms with van der Waals surface area (Å²) in [5.41, 5.74) is 9.72. The van der Waals surface area contributed by atoms with Crippen molar-refractivity contribution in [3.63, 3.8) is 0 Å². The zero-order valence-corrected chi connectivity index (χ0v) is 53.1. The number of ether oxygens (including phenoxy) is 6. The van der Waals surface area contributed by atoms with Gasteiger partial charge in [-0.15, -0.1) is 0 Å². The van der Waals surface area contributed by atoms with Crippen LogP contribution < -0.4 is 28.9 Å². The number of para-hydroxylation sites is 2. The Hall–Kier alpha value is -6.68. The lowest BCUT2D eigenvalue weighted by Gasteiger charge is -2.32. The molecular formula is C67H77N5O12S3. The van der Waals surface area contributed by atoms with Crippen LogP contribution in [0.1, 0.15) is 106 Å². The van der Waals surface area contributed by atoms with Crippen LogP contribution in [0.15, 0.2) is 91.0 Å². The Kier molecular flexibility index (Phi) is 20.9. The van der Waals surface area contributed by atoms with Crippen LogP contribution in [0.2, 0.25) is 0 Å². The minimum Gasteiger partial charge on any atom is -0.493 e. The fourth-order valence-electron chi connectivity index (χ4n) is 12.0. The number of thioether (sulfide) groups is 1. The molecule has 5 heterocycles. The van der Waals surface area contributed by atoms with Crippen LogP contribution in [0, 0.1) is 6.92 Å². The molecule has 5 amide bonds. The van der Waals surface area contributed by atoms with E-state index >= 15 is 4.79 Å². The van der Waals surface area contributed by atoms with E-state index in [1.165, 1.54) is 43.8 Å². The number of likely N-dealkylation sites (tertiary alicyclic amines) is 1. The smallest absolute Gasteiger partial charge is 0.258 e. The second kappa shape index (κ2) is 28.6. The normalized spacial score (nSPS) is 17.7. The summed E-state index contributed by atoms with van der Waals surface area (Å²) in [4.78, 5) is 88.7. The van der Waals surface area contributed by atoms with E-state index in [4.69, 9.17) is 28.4 Å². The largest absolute Gasteiger partial charge is 0.493 e. The van der Waals surface area contributed by atoms with Gasteiger partial charge in [0.05, 0.1) is 55.8 Å². The van der Waals surface area contributed by atoms with Gasteiger partial charge in [-0.1, -0.05) is 58.0 Å². The first-order valence-corrected chi connectivity index (χ1v) is 33.4. The van der Waals surface area contributed by atoms with Gasteiger partial charge in [0.1, 0.15) is 37.5 Å². The molecule has 460 valence electrons. The standard InChI is InChI=1S/C67H77N5O12S3/c1-43-30-53-46(20-21-49-34-47-14-8-10-18-55(47)71(49)63(53)75)36-58(43)83-41-44-31-45(42-84-60-38-57-54(37-59(60)80-6)64(76)72-51(40-68(57)4)35-48-15-9-11-19-56(48)72)33-50(32-44)69(23-24-81-27-28-82-26-25-79-5)66(78)67(2,3)87-86-29-13-17-52(73)16-12-22-70-62(74)39-61(85-7)65(70)77/h8-11,14-15,18-19,30-33,36-38,49,51,61H,12-13,16-17,20-29,34-35,39,41-42H2,1-7H3/t49-,51+,61?/m1/s1. The molecule has 1 saturated heterocycles. The van der Waals surface area contributed by atoms with Crippen LogP contribution in [0.4, 0.5) is 22.7 Å². The Morgan fingerprint density at radius 2 is 1.40 bits per heavy atom. The van der Waals surface area contributed by atoms with Crippen molar-refractivity contribution in [1.82, 2.24) is 4.90 Å². The highest BCUT2D eigenvalue weighted by atomic mass is 33.1. The maximum absolute atomic E-state index is 15.2. The number of hydrogen-bond acceptors (Lipinski definition) is 15. The quantitative estimate of drug-likeness (QED) is 0.0145. The van der Waals surface area contributed by atoms with Crippen LogP contribution in [0.3, 0.4) is 0 Å². The summed E-state index contributed by atoms with van der Waals surface area (Å²) in [5, 5.41) is -0.344. The van der Waals surface area contributed by atoms with E-state index in [-0.39, 0.29) is 98.4 Å². The number of benzene rings is 5. The number of nitrogens with zero attached hydrogens (tertiary/aromatic N) is 5. The average molecular weight is 1240 g/mol. The molecule has 1 unspecified atom stereocenters. The van der Waals surface area contributed by atoms with E-state index in [1.54, 1.807) is 30.1 Å². The molecule has 5 aliphatic rings. The van der Waals surface area contributed by atoms with E-state index in [0.717, 1.165) is 58.5 Å². The first-order chi connectivity index (χ1) is 42.1. The summed E-state index contributed by atoms with van der Waals surface area (Å²) >= 11 is 1.38. The number of carbonyl (C=O) groups excluding carboxylic acids is 6. The van der Waals surface area contributed by atoms with Gasteiger partial charge >= 0.3 is 0 Å². The number of fused-ring (bicyclic) bond motifs is 8. The number of methoxy groups -OCH3 is 2. The lowest BCUT2D eigenvalue weighted by atomic mass is 9.98. The number of imide groups is 1. The number of amides is 5. The van der Waals surface area contributed by atoms with Crippen molar-refractivity contribution in [3.8, 4) is 17.2 Å². The molecule has 17 nitrogen and oxygen atoms in total. The molecule has 0 N–H and O–H groups in total. The van der Waals surface area contributed by atoms with Gasteiger partial charge in [-0.3, -0.25) is 33.7 Å². The van der Waals surface area contributed by atoms with Crippen LogP contribution in [0.5, 0.6) is 17.2 Å². The maximum Gasteiger partial charge on any atom is 0.258 e. The summed E-state index contributed by atoms with van der Waals surface area (Å²) in [6, 6.07) is 29.3. The molecule has 5 aromatic carbocycles. The van der Waals surface area contributed by atoms with Crippen molar-refractivity contribution in [2.24, 2.45) is 0 Å². The van der Waals surface area contributed by atoms with Gasteiger partial charge in [0.2, 0.25) is 23.6 Å². The van der Waals surface area contributed by atoms with E-state index in [0.29, 0.717) is 97.6 Å². The highest BCUT2D eigenvalue weighted by Crippen LogP contribution is 2.43. The zero-order valence-electron chi connectivity index (χ0n) is 50.7. The Bertz CT molecular complexity index is 3450. The average Bonchev–Trinajstić information content (AvgIpc) is 1.72. The number of ketones is 1. The Balaban J connectivity index is 0.894. The van der Waals surface area contributed by atoms with Crippen molar-refractivity contribution in [3.05, 3.63) is 136 Å². The molecule has 20 heteroatoms. The number of rotatable bonds is 29. The van der Waals surface area contributed by atoms with E-state index < -0.39 is 4.75 Å². The number of carbonyl (C=O) groups is 6. The molecule has 0 radical (unpaired) electrons. The highest BCUT2D eigenvalue weighted by molar-refractivity contribution is 8.77. The summed E-state index contributed by atoms with van der Waals surface area (Å²) in [5.74, 6) is 1.45. The van der Waals surface area contributed by atoms with Gasteiger partial charge < -0.3 is 47.7 Å². The maximum atomic E-state index is 15.2. The molecule has 87 heavy (non-hydrogen) atoms. The lowest BCUT2D eigenvalue weighted by molar-refractivity contribution is -0.401. The van der Waals surface area contributed by atoms with Gasteiger partial charge in [-0.2, -0.15) is 11.8 Å². The van der Waals surface area contributed by atoms with Gasteiger partial charge in [0, 0.05) is 91.7 Å². The van der Waals surface area contributed by atoms with Crippen LogP contribution in [-0.2, 0) is 65.9 Å². The van der Waals surface area contributed by atoms with Crippen LogP contribution in [-0.4, -0.2) is 152 Å². The van der Waals surface area contributed by atoms with Crippen molar-refractivity contribution in [1.29, 1.82) is 0 Å². The van der Waals surface area contributed by atoms with Crippen molar-refractivity contribution in [2.75, 3.05) is 94.1 Å². The van der Waals surface area contributed by atoms with E-state index in [1.807, 2.05) is 122 Å². The molecule has 0 spiro atoms. The minimum absolute atomic E-state index is 0.00204. The Morgan fingerprint density at radius 3 is 2.11 bits per heavy atom. The fourth-order valence-corrected chi connectivity index (χ4v) is 15.2.